The molecule has 0 spiro atoms. The van der Waals surface area contributed by atoms with Crippen LogP contribution in [-0.2, 0) is 31.8 Å². The number of hydrogen-bond donors (Lipinski definition) is 0. The third-order valence-electron chi connectivity index (χ3n) is 12.0. The Morgan fingerprint density at radius 3 is 1.48 bits per heavy atom. The second kappa shape index (κ2) is 17.0. The third kappa shape index (κ3) is 8.29. The van der Waals surface area contributed by atoms with Crippen LogP contribution in [0.5, 0.6) is 0 Å². The van der Waals surface area contributed by atoms with Crippen LogP contribution in [0.25, 0.3) is 21.8 Å². The van der Waals surface area contributed by atoms with Gasteiger partial charge in [-0.2, -0.15) is 0 Å². The van der Waals surface area contributed by atoms with Gasteiger partial charge in [-0.25, -0.2) is 4.98 Å². The van der Waals surface area contributed by atoms with E-state index in [1.807, 2.05) is 6.07 Å². The first kappa shape index (κ1) is 35.4. The molecule has 7 rings (SSSR count). The number of carbonyl (C=O) groups excluding carboxylic acids is 1. The molecule has 1 aromatic heterocycles. The maximum absolute atomic E-state index is 12.6. The molecule has 4 fully saturated rings. The molecule has 2 nitrogen and oxygen atoms in total. The minimum atomic E-state index is -0.336. The van der Waals surface area contributed by atoms with Gasteiger partial charge in [-0.05, 0) is 127 Å². The van der Waals surface area contributed by atoms with Gasteiger partial charge in [-0.1, -0.05) is 111 Å². The zero-order valence-electron chi connectivity index (χ0n) is 27.8. The van der Waals surface area contributed by atoms with Gasteiger partial charge in [0.2, 0.25) is 0 Å². The van der Waals surface area contributed by atoms with Gasteiger partial charge in [0.25, 0.3) is 5.24 Å². The predicted octanol–water partition coefficient (Wildman–Crippen LogP) is 13.1. The first-order valence-corrected chi connectivity index (χ1v) is 22.4. The number of para-hydroxylation sites is 1. The van der Waals surface area contributed by atoms with Crippen molar-refractivity contribution in [1.29, 1.82) is 0 Å². The number of carbonyl (C=O) groups is 1. The summed E-state index contributed by atoms with van der Waals surface area (Å²) in [5.41, 5.74) is 9.44. The molecule has 0 amide bonds. The zero-order chi connectivity index (χ0) is 30.6. The molecule has 0 aliphatic heterocycles. The summed E-state index contributed by atoms with van der Waals surface area (Å²) < 4.78 is 0. The summed E-state index contributed by atoms with van der Waals surface area (Å²) >= 11 is 6.21. The first-order valence-electron chi connectivity index (χ1n) is 18.7. The monoisotopic (exact) mass is 763 g/mol. The van der Waals surface area contributed by atoms with Gasteiger partial charge in [0.05, 0.1) is 11.0 Å². The SMILES string of the molecule is O=C(Cl)c1cc(CP(C2CCCCC2)C2CCCCC2)c2nc3c(CP(C4CCCCC4)C4CCCCC4)cccc3cc2c1.[Ru]. The molecule has 4 saturated carbocycles. The van der Waals surface area contributed by atoms with Crippen LogP contribution in [0.2, 0.25) is 0 Å². The van der Waals surface area contributed by atoms with E-state index in [1.165, 1.54) is 157 Å². The minimum absolute atomic E-state index is 0. The van der Waals surface area contributed by atoms with Crippen LogP contribution in [0.4, 0.5) is 0 Å². The first-order chi connectivity index (χ1) is 22.1. The Hall–Kier alpha value is -0.447. The fourth-order valence-corrected chi connectivity index (χ4v) is 17.4. The van der Waals surface area contributed by atoms with Crippen molar-refractivity contribution in [3.8, 4) is 0 Å². The van der Waals surface area contributed by atoms with Gasteiger partial charge in [0, 0.05) is 35.8 Å². The Kier molecular flexibility index (Phi) is 13.1. The van der Waals surface area contributed by atoms with E-state index < -0.39 is 0 Å². The Balaban J connectivity index is 0.00000372. The standard InChI is InChI=1S/C40H54ClNOP2.Ru/c41-40(43)32-25-31-24-29-14-13-15-30(27-44(34-16-5-1-6-17-34)35-18-7-2-8-19-35)38(29)42-39(31)33(26-32)28-45(36-20-9-3-10-21-36)37-22-11-4-12-23-37;/h13-15,24-26,34-37H,1-12,16-23,27-28H2;. The summed E-state index contributed by atoms with van der Waals surface area (Å²) in [4.78, 5) is 18.3. The largest absolute Gasteiger partial charge is 0.276 e. The molecule has 0 unspecified atom stereocenters. The van der Waals surface area contributed by atoms with Crippen molar-refractivity contribution < 1.29 is 24.3 Å². The van der Waals surface area contributed by atoms with E-state index in [2.05, 4.69) is 30.3 Å². The molecule has 0 N–H and O–H groups in total. The second-order valence-electron chi connectivity index (χ2n) is 15.0. The summed E-state index contributed by atoms with van der Waals surface area (Å²) in [5, 5.41) is 2.00. The van der Waals surface area contributed by atoms with Gasteiger partial charge in [0.1, 0.15) is 0 Å². The van der Waals surface area contributed by atoms with Crippen LogP contribution in [0.3, 0.4) is 0 Å². The Morgan fingerprint density at radius 2 is 1.02 bits per heavy atom. The van der Waals surface area contributed by atoms with Crippen LogP contribution in [0.15, 0.2) is 36.4 Å². The van der Waals surface area contributed by atoms with E-state index in [0.29, 0.717) is 5.56 Å². The normalized spacial score (nSPS) is 21.3. The molecule has 46 heavy (non-hydrogen) atoms. The van der Waals surface area contributed by atoms with Gasteiger partial charge < -0.3 is 0 Å². The van der Waals surface area contributed by atoms with Crippen LogP contribution in [0, 0.1) is 0 Å². The molecule has 0 atom stereocenters. The molecular formula is C40H54ClNOP2Ru. The van der Waals surface area contributed by atoms with E-state index in [-0.39, 0.29) is 40.6 Å². The summed E-state index contributed by atoms with van der Waals surface area (Å²) in [6.07, 6.45) is 30.8. The second-order valence-corrected chi connectivity index (χ2v) is 20.9. The van der Waals surface area contributed by atoms with Crippen molar-refractivity contribution in [2.45, 2.75) is 163 Å². The van der Waals surface area contributed by atoms with Crippen molar-refractivity contribution in [1.82, 2.24) is 4.98 Å². The molecule has 3 aromatic rings. The average Bonchev–Trinajstić information content (AvgIpc) is 3.10. The number of nitrogens with zero attached hydrogens (tertiary/aromatic N) is 1. The van der Waals surface area contributed by atoms with E-state index in [0.717, 1.165) is 39.7 Å². The number of halogens is 1. The van der Waals surface area contributed by atoms with E-state index >= 15 is 0 Å². The number of aromatic nitrogens is 1. The molecule has 1 heterocycles. The van der Waals surface area contributed by atoms with Crippen LogP contribution < -0.4 is 0 Å². The van der Waals surface area contributed by atoms with Crippen molar-refractivity contribution in [2.75, 3.05) is 0 Å². The third-order valence-corrected chi connectivity index (χ3v) is 19.5. The van der Waals surface area contributed by atoms with Gasteiger partial charge in [0.15, 0.2) is 0 Å². The minimum Gasteiger partial charge on any atom is -0.276 e. The number of pyridine rings is 1. The Bertz CT molecular complexity index is 1420. The van der Waals surface area contributed by atoms with E-state index in [1.54, 1.807) is 0 Å². The maximum Gasteiger partial charge on any atom is 0.252 e. The number of fused-ring (bicyclic) bond motifs is 2. The topological polar surface area (TPSA) is 30.0 Å². The van der Waals surface area contributed by atoms with Crippen LogP contribution in [0.1, 0.15) is 150 Å². The zero-order valence-corrected chi connectivity index (χ0v) is 32.1. The molecule has 250 valence electrons. The number of hydrogen-bond acceptors (Lipinski definition) is 2. The number of rotatable bonds is 9. The molecule has 4 aliphatic carbocycles. The molecule has 0 bridgehead atoms. The van der Waals surface area contributed by atoms with E-state index in [4.69, 9.17) is 16.6 Å². The van der Waals surface area contributed by atoms with Crippen molar-refractivity contribution in [2.24, 2.45) is 0 Å². The fourth-order valence-electron chi connectivity index (χ4n) is 9.63. The van der Waals surface area contributed by atoms with Gasteiger partial charge >= 0.3 is 0 Å². The molecule has 4 aliphatic rings. The summed E-state index contributed by atoms with van der Waals surface area (Å²) in [5.74, 6) is 0. The molecule has 0 saturated heterocycles. The molecule has 2 aromatic carbocycles. The van der Waals surface area contributed by atoms with E-state index in [9.17, 15) is 4.79 Å². The fraction of sp³-hybridized carbons (Fsp3) is 0.650. The van der Waals surface area contributed by atoms with Crippen LogP contribution in [-0.4, -0.2) is 32.9 Å². The predicted molar refractivity (Wildman–Crippen MR) is 198 cm³/mol. The van der Waals surface area contributed by atoms with Crippen molar-refractivity contribution in [3.05, 3.63) is 53.1 Å². The quantitative estimate of drug-likeness (QED) is 0.0940. The summed E-state index contributed by atoms with van der Waals surface area (Å²) in [6, 6.07) is 13.4. The Morgan fingerprint density at radius 1 is 0.587 bits per heavy atom. The maximum atomic E-state index is 12.6. The Labute approximate surface area is 298 Å². The summed E-state index contributed by atoms with van der Waals surface area (Å²) in [7, 11) is -0.193. The van der Waals surface area contributed by atoms with Gasteiger partial charge in [-0.3, -0.25) is 4.79 Å². The average molecular weight is 763 g/mol. The summed E-state index contributed by atoms with van der Waals surface area (Å²) in [6.45, 7) is 0. The molecule has 6 heteroatoms. The van der Waals surface area contributed by atoms with Gasteiger partial charge in [-0.15, -0.1) is 0 Å². The number of benzene rings is 2. The molecular weight excluding hydrogens is 709 g/mol. The molecule has 0 radical (unpaired) electrons. The van der Waals surface area contributed by atoms with Crippen molar-refractivity contribution in [3.63, 3.8) is 0 Å². The van der Waals surface area contributed by atoms with Crippen molar-refractivity contribution >= 4 is 54.5 Å². The van der Waals surface area contributed by atoms with Crippen LogP contribution >= 0.6 is 27.4 Å². The smallest absolute Gasteiger partial charge is 0.252 e.